The lowest BCUT2D eigenvalue weighted by Crippen LogP contribution is -2.46. The number of pyridine rings is 1. The van der Waals surface area contributed by atoms with Crippen LogP contribution < -0.4 is 16.6 Å². The summed E-state index contributed by atoms with van der Waals surface area (Å²) in [5, 5.41) is 11.9. The number of hydrogen-bond acceptors (Lipinski definition) is 9. The monoisotopic (exact) mass is 565 g/mol. The molecule has 0 saturated heterocycles. The van der Waals surface area contributed by atoms with Crippen molar-refractivity contribution in [3.8, 4) is 11.3 Å². The molecule has 0 bridgehead atoms. The van der Waals surface area contributed by atoms with Crippen LogP contribution >= 0.6 is 0 Å². The van der Waals surface area contributed by atoms with E-state index in [9.17, 15) is 14.4 Å². The van der Waals surface area contributed by atoms with E-state index in [0.29, 0.717) is 11.3 Å². The van der Waals surface area contributed by atoms with Crippen molar-refractivity contribution in [2.75, 3.05) is 5.73 Å². The number of fused-ring (bicyclic) bond motifs is 1. The Kier molecular flexibility index (Phi) is 7.66. The van der Waals surface area contributed by atoms with Crippen LogP contribution in [0.2, 0.25) is 0 Å². The van der Waals surface area contributed by atoms with E-state index in [4.69, 9.17) is 10.2 Å². The van der Waals surface area contributed by atoms with Gasteiger partial charge >= 0.3 is 0 Å². The Morgan fingerprint density at radius 1 is 1.00 bits per heavy atom. The van der Waals surface area contributed by atoms with Crippen molar-refractivity contribution in [2.24, 2.45) is 5.92 Å². The van der Waals surface area contributed by atoms with Crippen LogP contribution in [0.3, 0.4) is 0 Å². The molecule has 0 aliphatic heterocycles. The van der Waals surface area contributed by atoms with Gasteiger partial charge in [0.15, 0.2) is 5.82 Å². The summed E-state index contributed by atoms with van der Waals surface area (Å²) in [6, 6.07) is 17.8. The Morgan fingerprint density at radius 2 is 1.71 bits per heavy atom. The van der Waals surface area contributed by atoms with Gasteiger partial charge in [-0.15, -0.1) is 10.2 Å². The van der Waals surface area contributed by atoms with Gasteiger partial charge in [-0.1, -0.05) is 62.4 Å². The lowest BCUT2D eigenvalue weighted by molar-refractivity contribution is -0.122. The molecule has 214 valence electrons. The first kappa shape index (κ1) is 28.3. The number of amides is 1. The fourth-order valence-electron chi connectivity index (χ4n) is 4.64. The molecule has 3 heterocycles. The Bertz CT molecular complexity index is 1830. The lowest BCUT2D eigenvalue weighted by atomic mass is 9.85. The SMILES string of the molecule is CC(C)[C@H](NC(=O)Cn1c(-c2ccccc2)cnc(N)c1=O)C(=O)c1nnc(C(C)(C)c2cnc3ccccc3c2)o1. The summed E-state index contributed by atoms with van der Waals surface area (Å²) in [5.74, 6) is -1.63. The number of nitrogens with one attached hydrogen (secondary N) is 1. The van der Waals surface area contributed by atoms with Crippen molar-refractivity contribution in [3.05, 3.63) is 101 Å². The van der Waals surface area contributed by atoms with E-state index in [0.717, 1.165) is 16.5 Å². The van der Waals surface area contributed by atoms with Crippen LogP contribution in [0.15, 0.2) is 82.3 Å². The van der Waals surface area contributed by atoms with Crippen LogP contribution in [0.25, 0.3) is 22.2 Å². The maximum atomic E-state index is 13.5. The van der Waals surface area contributed by atoms with E-state index >= 15 is 0 Å². The molecule has 1 amide bonds. The topological polar surface area (TPSA) is 159 Å². The van der Waals surface area contributed by atoms with Gasteiger partial charge in [0.25, 0.3) is 11.4 Å². The van der Waals surface area contributed by atoms with E-state index in [-0.39, 0.29) is 30.1 Å². The molecule has 11 heteroatoms. The smallest absolute Gasteiger partial charge is 0.294 e. The highest BCUT2D eigenvalue weighted by molar-refractivity contribution is 5.98. The van der Waals surface area contributed by atoms with E-state index in [2.05, 4.69) is 25.5 Å². The van der Waals surface area contributed by atoms with E-state index < -0.39 is 28.7 Å². The van der Waals surface area contributed by atoms with Crippen molar-refractivity contribution < 1.29 is 14.0 Å². The van der Waals surface area contributed by atoms with Gasteiger partial charge in [0.1, 0.15) is 6.54 Å². The minimum Gasteiger partial charge on any atom is -0.417 e. The van der Waals surface area contributed by atoms with E-state index in [1.807, 2.05) is 62.4 Å². The molecule has 2 aromatic carbocycles. The second-order valence-corrected chi connectivity index (χ2v) is 10.9. The first-order valence-corrected chi connectivity index (χ1v) is 13.5. The van der Waals surface area contributed by atoms with Crippen LogP contribution in [-0.4, -0.2) is 42.5 Å². The molecule has 0 saturated carbocycles. The van der Waals surface area contributed by atoms with Crippen LogP contribution in [0.4, 0.5) is 5.82 Å². The second kappa shape index (κ2) is 11.4. The number of anilines is 1. The molecule has 42 heavy (non-hydrogen) atoms. The number of carbonyl (C=O) groups excluding carboxylic acids is 2. The first-order chi connectivity index (χ1) is 20.1. The van der Waals surface area contributed by atoms with Crippen LogP contribution in [-0.2, 0) is 16.8 Å². The number of nitrogen functional groups attached to an aromatic ring is 1. The molecule has 5 aromatic rings. The number of hydrogen-bond donors (Lipinski definition) is 2. The van der Waals surface area contributed by atoms with E-state index in [1.54, 1.807) is 32.2 Å². The van der Waals surface area contributed by atoms with Crippen molar-refractivity contribution in [2.45, 2.75) is 45.7 Å². The number of Topliss-reactive ketones (excluding diaryl/α,β-unsaturated/α-hetero) is 1. The predicted molar refractivity (Wildman–Crippen MR) is 158 cm³/mol. The highest BCUT2D eigenvalue weighted by Gasteiger charge is 2.34. The quantitative estimate of drug-likeness (QED) is 0.254. The summed E-state index contributed by atoms with van der Waals surface area (Å²) < 4.78 is 7.12. The third kappa shape index (κ3) is 5.53. The Morgan fingerprint density at radius 3 is 2.45 bits per heavy atom. The number of nitrogens with two attached hydrogens (primary N) is 1. The molecular weight excluding hydrogens is 534 g/mol. The molecule has 3 aromatic heterocycles. The first-order valence-electron chi connectivity index (χ1n) is 13.5. The average Bonchev–Trinajstić information content (AvgIpc) is 3.50. The number of aromatic nitrogens is 5. The average molecular weight is 566 g/mol. The Hall–Kier alpha value is -5.19. The van der Waals surface area contributed by atoms with Crippen molar-refractivity contribution in [1.29, 1.82) is 0 Å². The summed E-state index contributed by atoms with van der Waals surface area (Å²) in [6.07, 6.45) is 3.19. The molecular formula is C31H31N7O4. The molecule has 5 rings (SSSR count). The summed E-state index contributed by atoms with van der Waals surface area (Å²) in [5.41, 5.74) is 7.23. The molecule has 0 aliphatic carbocycles. The highest BCUT2D eigenvalue weighted by Crippen LogP contribution is 2.32. The molecule has 0 fully saturated rings. The standard InChI is InChI=1S/C31H31N7O4/c1-18(2)25(35-24(39)17-38-23(16-34-27(32)29(38)41)19-10-6-5-7-11-19)26(40)28-36-37-30(42-28)31(3,4)21-14-20-12-8-9-13-22(20)33-15-21/h5-16,18,25H,17H2,1-4H3,(H2,32,34)(H,35,39)/t25-/m0/s1. The third-order valence-electron chi connectivity index (χ3n) is 7.20. The van der Waals surface area contributed by atoms with Gasteiger partial charge in [0.05, 0.1) is 28.9 Å². The number of benzene rings is 2. The van der Waals surface area contributed by atoms with Crippen LogP contribution in [0, 0.1) is 5.92 Å². The summed E-state index contributed by atoms with van der Waals surface area (Å²) in [4.78, 5) is 48.1. The molecule has 0 unspecified atom stereocenters. The fraction of sp³-hybridized carbons (Fsp3) is 0.258. The molecule has 0 radical (unpaired) electrons. The van der Waals surface area contributed by atoms with Crippen LogP contribution in [0.5, 0.6) is 0 Å². The van der Waals surface area contributed by atoms with Gasteiger partial charge in [0.2, 0.25) is 17.6 Å². The third-order valence-corrected chi connectivity index (χ3v) is 7.20. The second-order valence-electron chi connectivity index (χ2n) is 10.9. The van der Waals surface area contributed by atoms with Gasteiger partial charge < -0.3 is 15.5 Å². The normalized spacial score (nSPS) is 12.4. The highest BCUT2D eigenvalue weighted by atomic mass is 16.4. The molecule has 1 atom stereocenters. The van der Waals surface area contributed by atoms with Gasteiger partial charge in [-0.25, -0.2) is 4.98 Å². The predicted octanol–water partition coefficient (Wildman–Crippen LogP) is 3.77. The van der Waals surface area contributed by atoms with E-state index in [1.165, 1.54) is 10.8 Å². The van der Waals surface area contributed by atoms with Gasteiger partial charge in [0, 0.05) is 11.6 Å². The zero-order valence-electron chi connectivity index (χ0n) is 23.7. The van der Waals surface area contributed by atoms with Gasteiger partial charge in [-0.3, -0.25) is 23.9 Å². The number of carbonyl (C=O) groups is 2. The summed E-state index contributed by atoms with van der Waals surface area (Å²) >= 11 is 0. The summed E-state index contributed by atoms with van der Waals surface area (Å²) in [6.45, 7) is 7.02. The minimum absolute atomic E-state index is 0.221. The maximum Gasteiger partial charge on any atom is 0.294 e. The molecule has 11 nitrogen and oxygen atoms in total. The van der Waals surface area contributed by atoms with Crippen LogP contribution in [0.1, 0.15) is 49.8 Å². The molecule has 3 N–H and O–H groups in total. The molecule has 0 aliphatic rings. The maximum absolute atomic E-state index is 13.5. The zero-order chi connectivity index (χ0) is 30.0. The Labute approximate surface area is 241 Å². The molecule has 0 spiro atoms. The van der Waals surface area contributed by atoms with Crippen molar-refractivity contribution >= 4 is 28.4 Å². The lowest BCUT2D eigenvalue weighted by Gasteiger charge is -2.21. The zero-order valence-corrected chi connectivity index (χ0v) is 23.7. The number of ketones is 1. The largest absolute Gasteiger partial charge is 0.417 e. The van der Waals surface area contributed by atoms with Gasteiger partial charge in [-0.2, -0.15) is 0 Å². The van der Waals surface area contributed by atoms with Gasteiger partial charge in [-0.05, 0) is 43.0 Å². The van der Waals surface area contributed by atoms with Crippen molar-refractivity contribution in [3.63, 3.8) is 0 Å². The number of nitrogens with zero attached hydrogens (tertiary/aromatic N) is 5. The minimum atomic E-state index is -0.980. The fourth-order valence-corrected chi connectivity index (χ4v) is 4.64. The Balaban J connectivity index is 1.37. The van der Waals surface area contributed by atoms with Crippen molar-refractivity contribution in [1.82, 2.24) is 30.0 Å². The summed E-state index contributed by atoms with van der Waals surface area (Å²) in [7, 11) is 0. The number of para-hydroxylation sites is 1. The number of rotatable bonds is 9.